The molecule has 2 fully saturated rings. The first kappa shape index (κ1) is 29.2. The Morgan fingerprint density at radius 2 is 1.84 bits per heavy atom. The maximum atomic E-state index is 14.0. The third kappa shape index (κ3) is 7.58. The monoisotopic (exact) mass is 529 g/mol. The number of nitrogens with one attached hydrogen (secondary N) is 1. The number of rotatable bonds is 7. The molecule has 1 saturated carbocycles. The summed E-state index contributed by atoms with van der Waals surface area (Å²) >= 11 is 0. The molecular formula is C27H39F4N3O3. The summed E-state index contributed by atoms with van der Waals surface area (Å²) in [5.74, 6) is -0.759. The maximum absolute atomic E-state index is 14.0. The number of ether oxygens (including phenoxy) is 1. The second kappa shape index (κ2) is 11.2. The van der Waals surface area contributed by atoms with E-state index in [0.717, 1.165) is 31.5 Å². The maximum Gasteiger partial charge on any atom is 0.419 e. The molecule has 3 rings (SSSR count). The number of likely N-dealkylation sites (tertiary alicyclic amines) is 1. The van der Waals surface area contributed by atoms with Gasteiger partial charge in [-0.05, 0) is 75.5 Å². The lowest BCUT2D eigenvalue weighted by Crippen LogP contribution is -2.52. The predicted molar refractivity (Wildman–Crippen MR) is 132 cm³/mol. The van der Waals surface area contributed by atoms with Crippen LogP contribution >= 0.6 is 0 Å². The first-order chi connectivity index (χ1) is 17.0. The molecule has 0 unspecified atom stereocenters. The van der Waals surface area contributed by atoms with E-state index < -0.39 is 35.3 Å². The number of halogens is 4. The van der Waals surface area contributed by atoms with Crippen LogP contribution in [0.2, 0.25) is 0 Å². The zero-order chi connectivity index (χ0) is 27.7. The second-order valence-electron chi connectivity index (χ2n) is 11.9. The minimum Gasteiger partial charge on any atom is -0.444 e. The molecule has 4 atom stereocenters. The van der Waals surface area contributed by atoms with E-state index >= 15 is 0 Å². The van der Waals surface area contributed by atoms with Gasteiger partial charge < -0.3 is 10.1 Å². The minimum absolute atomic E-state index is 0.0615. The van der Waals surface area contributed by atoms with Crippen LogP contribution < -0.4 is 5.32 Å². The molecule has 208 valence electrons. The number of hydrogen-bond acceptors (Lipinski definition) is 4. The van der Waals surface area contributed by atoms with E-state index in [1.54, 1.807) is 27.8 Å². The molecule has 1 saturated heterocycles. The summed E-state index contributed by atoms with van der Waals surface area (Å²) in [5.41, 5.74) is -1.45. The normalized spacial score (nSPS) is 23.2. The molecule has 2 aliphatic rings. The van der Waals surface area contributed by atoms with Gasteiger partial charge in [-0.3, -0.25) is 14.6 Å². The fourth-order valence-corrected chi connectivity index (χ4v) is 5.44. The van der Waals surface area contributed by atoms with Crippen molar-refractivity contribution in [3.05, 3.63) is 35.1 Å². The number of amides is 2. The molecule has 1 N–H and O–H groups in total. The van der Waals surface area contributed by atoms with Gasteiger partial charge in [0.1, 0.15) is 17.5 Å². The fraction of sp³-hybridized carbons (Fsp3) is 0.704. The molecule has 10 heteroatoms. The Morgan fingerprint density at radius 1 is 1.16 bits per heavy atom. The van der Waals surface area contributed by atoms with Crippen LogP contribution in [-0.2, 0) is 22.3 Å². The van der Waals surface area contributed by atoms with Crippen LogP contribution in [-0.4, -0.2) is 59.6 Å². The Labute approximate surface area is 216 Å². The molecule has 37 heavy (non-hydrogen) atoms. The Bertz CT molecular complexity index is 977. The standard InChI is InChI=1S/C27H39F4N3O3/c1-16(2)11-23(33(6)25(36)37-26(3,4)5)24(35)32-22-10-8-18-14-34(15-19(18)22)13-17-7-9-20(21(28)12-17)27(29,30)31/h7,9,12,16,18-19,22-23H,8,10-11,13-15H2,1-6H3,(H,32,35)/t18-,19+,22+,23-/m0/s1. The van der Waals surface area contributed by atoms with Gasteiger partial charge in [0.15, 0.2) is 0 Å². The van der Waals surface area contributed by atoms with Gasteiger partial charge in [-0.1, -0.05) is 19.9 Å². The Hall–Kier alpha value is -2.36. The Morgan fingerprint density at radius 3 is 2.41 bits per heavy atom. The molecule has 1 aromatic rings. The topological polar surface area (TPSA) is 61.9 Å². The van der Waals surface area contributed by atoms with Gasteiger partial charge in [-0.25, -0.2) is 9.18 Å². The summed E-state index contributed by atoms with van der Waals surface area (Å²) in [6.07, 6.45) is -3.02. The van der Waals surface area contributed by atoms with Gasteiger partial charge in [0.2, 0.25) is 5.91 Å². The highest BCUT2D eigenvalue weighted by Crippen LogP contribution is 2.39. The zero-order valence-electron chi connectivity index (χ0n) is 22.5. The highest BCUT2D eigenvalue weighted by molar-refractivity contribution is 5.86. The summed E-state index contributed by atoms with van der Waals surface area (Å²) in [6.45, 7) is 11.1. The van der Waals surface area contributed by atoms with Crippen molar-refractivity contribution in [2.75, 3.05) is 20.1 Å². The van der Waals surface area contributed by atoms with Gasteiger partial charge >= 0.3 is 12.3 Å². The summed E-state index contributed by atoms with van der Waals surface area (Å²) in [7, 11) is 1.58. The smallest absolute Gasteiger partial charge is 0.419 e. The quantitative estimate of drug-likeness (QED) is 0.477. The molecule has 1 aliphatic carbocycles. The van der Waals surface area contributed by atoms with E-state index in [1.807, 2.05) is 13.8 Å². The second-order valence-corrected chi connectivity index (χ2v) is 11.9. The average Bonchev–Trinajstić information content (AvgIpc) is 3.30. The van der Waals surface area contributed by atoms with Crippen molar-refractivity contribution in [1.82, 2.24) is 15.1 Å². The summed E-state index contributed by atoms with van der Waals surface area (Å²) in [4.78, 5) is 29.5. The zero-order valence-corrected chi connectivity index (χ0v) is 22.5. The fourth-order valence-electron chi connectivity index (χ4n) is 5.44. The Balaban J connectivity index is 1.63. The molecular weight excluding hydrogens is 490 g/mol. The molecule has 0 aromatic heterocycles. The van der Waals surface area contributed by atoms with E-state index in [4.69, 9.17) is 4.74 Å². The van der Waals surface area contributed by atoms with E-state index in [-0.39, 0.29) is 23.8 Å². The lowest BCUT2D eigenvalue weighted by atomic mass is 9.96. The number of nitrogens with zero attached hydrogens (tertiary/aromatic N) is 2. The van der Waals surface area contributed by atoms with Crippen LogP contribution in [0.15, 0.2) is 18.2 Å². The number of likely N-dealkylation sites (N-methyl/N-ethyl adjacent to an activating group) is 1. The molecule has 2 amide bonds. The molecule has 1 heterocycles. The number of benzene rings is 1. The summed E-state index contributed by atoms with van der Waals surface area (Å²) < 4.78 is 58.1. The third-order valence-electron chi connectivity index (χ3n) is 7.15. The molecule has 0 bridgehead atoms. The number of alkyl halides is 3. The van der Waals surface area contributed by atoms with Crippen LogP contribution in [0, 0.1) is 23.6 Å². The lowest BCUT2D eigenvalue weighted by molar-refractivity contribution is -0.140. The highest BCUT2D eigenvalue weighted by Gasteiger charge is 2.44. The highest BCUT2D eigenvalue weighted by atomic mass is 19.4. The van der Waals surface area contributed by atoms with Gasteiger partial charge in [0.25, 0.3) is 0 Å². The van der Waals surface area contributed by atoms with Crippen molar-refractivity contribution in [2.24, 2.45) is 17.8 Å². The lowest BCUT2D eigenvalue weighted by Gasteiger charge is -2.32. The molecule has 1 aliphatic heterocycles. The van der Waals surface area contributed by atoms with Crippen molar-refractivity contribution in [2.45, 2.75) is 84.3 Å². The van der Waals surface area contributed by atoms with Crippen molar-refractivity contribution in [3.63, 3.8) is 0 Å². The van der Waals surface area contributed by atoms with Gasteiger partial charge in [0, 0.05) is 32.7 Å². The summed E-state index contributed by atoms with van der Waals surface area (Å²) in [5, 5.41) is 3.17. The van der Waals surface area contributed by atoms with Crippen LogP contribution in [0.1, 0.15) is 65.0 Å². The first-order valence-electron chi connectivity index (χ1n) is 12.9. The third-order valence-corrected chi connectivity index (χ3v) is 7.15. The van der Waals surface area contributed by atoms with Gasteiger partial charge in [-0.15, -0.1) is 0 Å². The minimum atomic E-state index is -4.72. The average molecular weight is 530 g/mol. The molecule has 0 spiro atoms. The van der Waals surface area contributed by atoms with E-state index in [9.17, 15) is 27.2 Å². The van der Waals surface area contributed by atoms with Crippen molar-refractivity contribution in [3.8, 4) is 0 Å². The van der Waals surface area contributed by atoms with Crippen molar-refractivity contribution < 1.29 is 31.9 Å². The van der Waals surface area contributed by atoms with Crippen molar-refractivity contribution >= 4 is 12.0 Å². The number of carbonyl (C=O) groups excluding carboxylic acids is 2. The van der Waals surface area contributed by atoms with Crippen LogP contribution in [0.5, 0.6) is 0 Å². The van der Waals surface area contributed by atoms with Crippen molar-refractivity contribution in [1.29, 1.82) is 0 Å². The van der Waals surface area contributed by atoms with Gasteiger partial charge in [0.05, 0.1) is 5.56 Å². The number of hydrogen-bond donors (Lipinski definition) is 1. The molecule has 1 aromatic carbocycles. The first-order valence-corrected chi connectivity index (χ1v) is 12.9. The van der Waals surface area contributed by atoms with E-state index in [0.29, 0.717) is 31.0 Å². The molecule has 0 radical (unpaired) electrons. The van der Waals surface area contributed by atoms with E-state index in [1.165, 1.54) is 11.0 Å². The SMILES string of the molecule is CC(C)C[C@@H](C(=O)N[C@@H]1CC[C@H]2CN(Cc3ccc(C(F)(F)F)c(F)c3)C[C@H]21)N(C)C(=O)OC(C)(C)C. The van der Waals surface area contributed by atoms with Crippen LogP contribution in [0.25, 0.3) is 0 Å². The largest absolute Gasteiger partial charge is 0.444 e. The molecule has 6 nitrogen and oxygen atoms in total. The van der Waals surface area contributed by atoms with Crippen LogP contribution in [0.4, 0.5) is 22.4 Å². The Kier molecular flexibility index (Phi) is 8.82. The summed E-state index contributed by atoms with van der Waals surface area (Å²) in [6, 6.07) is 2.34. The van der Waals surface area contributed by atoms with Gasteiger partial charge in [-0.2, -0.15) is 13.2 Å². The van der Waals surface area contributed by atoms with E-state index in [2.05, 4.69) is 10.2 Å². The van der Waals surface area contributed by atoms with Crippen LogP contribution in [0.3, 0.4) is 0 Å². The number of fused-ring (bicyclic) bond motifs is 1. The predicted octanol–water partition coefficient (Wildman–Crippen LogP) is 5.45. The number of carbonyl (C=O) groups is 2.